The SMILES string of the molecule is O=C(O)CCCCCCN1C(=O)c2cccc3cccc1c23. The zero-order chi connectivity index (χ0) is 15.5. The van der Waals surface area contributed by atoms with Crippen molar-refractivity contribution in [2.45, 2.75) is 32.1 Å². The Hall–Kier alpha value is -2.36. The van der Waals surface area contributed by atoms with Gasteiger partial charge in [-0.25, -0.2) is 0 Å². The van der Waals surface area contributed by atoms with Crippen LogP contribution in [0, 0.1) is 0 Å². The Balaban J connectivity index is 1.63. The van der Waals surface area contributed by atoms with E-state index < -0.39 is 5.97 Å². The first-order chi connectivity index (χ1) is 10.7. The Morgan fingerprint density at radius 2 is 1.73 bits per heavy atom. The number of unbranched alkanes of at least 4 members (excludes halogenated alkanes) is 3. The summed E-state index contributed by atoms with van der Waals surface area (Å²) in [6, 6.07) is 11.9. The van der Waals surface area contributed by atoms with Crippen LogP contribution in [-0.4, -0.2) is 23.5 Å². The quantitative estimate of drug-likeness (QED) is 0.790. The third kappa shape index (κ3) is 2.69. The molecule has 0 bridgehead atoms. The van der Waals surface area contributed by atoms with Crippen LogP contribution in [-0.2, 0) is 4.79 Å². The van der Waals surface area contributed by atoms with Crippen molar-refractivity contribution in [3.8, 4) is 0 Å². The summed E-state index contributed by atoms with van der Waals surface area (Å²) in [4.78, 5) is 24.9. The predicted molar refractivity (Wildman–Crippen MR) is 86.3 cm³/mol. The number of nitrogens with zero attached hydrogens (tertiary/aromatic N) is 1. The topological polar surface area (TPSA) is 57.6 Å². The van der Waals surface area contributed by atoms with E-state index in [9.17, 15) is 9.59 Å². The highest BCUT2D eigenvalue weighted by Gasteiger charge is 2.28. The summed E-state index contributed by atoms with van der Waals surface area (Å²) in [6.07, 6.45) is 3.68. The van der Waals surface area contributed by atoms with E-state index in [0.717, 1.165) is 41.3 Å². The van der Waals surface area contributed by atoms with Gasteiger partial charge in [0.2, 0.25) is 0 Å². The monoisotopic (exact) mass is 297 g/mol. The molecule has 114 valence electrons. The Bertz CT molecular complexity index is 718. The van der Waals surface area contributed by atoms with Gasteiger partial charge in [-0.05, 0) is 30.4 Å². The molecule has 2 aromatic rings. The van der Waals surface area contributed by atoms with E-state index in [0.29, 0.717) is 13.0 Å². The summed E-state index contributed by atoms with van der Waals surface area (Å²) in [7, 11) is 0. The van der Waals surface area contributed by atoms with Gasteiger partial charge in [0.05, 0.1) is 5.69 Å². The van der Waals surface area contributed by atoms with Gasteiger partial charge in [-0.1, -0.05) is 37.1 Å². The minimum absolute atomic E-state index is 0.0809. The van der Waals surface area contributed by atoms with Gasteiger partial charge in [-0.15, -0.1) is 0 Å². The van der Waals surface area contributed by atoms with Crippen LogP contribution in [0.2, 0.25) is 0 Å². The van der Waals surface area contributed by atoms with Crippen LogP contribution in [0.25, 0.3) is 10.8 Å². The second kappa shape index (κ2) is 6.18. The molecule has 4 nitrogen and oxygen atoms in total. The predicted octanol–water partition coefficient (Wildman–Crippen LogP) is 3.84. The van der Waals surface area contributed by atoms with E-state index in [1.54, 1.807) is 0 Å². The first-order valence-electron chi connectivity index (χ1n) is 7.74. The maximum Gasteiger partial charge on any atom is 0.303 e. The summed E-state index contributed by atoms with van der Waals surface area (Å²) >= 11 is 0. The molecule has 1 aliphatic heterocycles. The fourth-order valence-electron chi connectivity index (χ4n) is 3.10. The van der Waals surface area contributed by atoms with Gasteiger partial charge in [0.15, 0.2) is 0 Å². The van der Waals surface area contributed by atoms with Crippen LogP contribution in [0.4, 0.5) is 5.69 Å². The number of hydrogen-bond donors (Lipinski definition) is 1. The Kier molecular flexibility index (Phi) is 4.09. The van der Waals surface area contributed by atoms with Gasteiger partial charge in [-0.2, -0.15) is 0 Å². The summed E-state index contributed by atoms with van der Waals surface area (Å²) in [6.45, 7) is 0.694. The lowest BCUT2D eigenvalue weighted by Gasteiger charge is -2.17. The molecule has 0 spiro atoms. The second-order valence-corrected chi connectivity index (χ2v) is 5.70. The van der Waals surface area contributed by atoms with E-state index in [1.165, 1.54) is 0 Å². The molecule has 0 aromatic heterocycles. The van der Waals surface area contributed by atoms with Crippen LogP contribution in [0.15, 0.2) is 36.4 Å². The highest BCUT2D eigenvalue weighted by atomic mass is 16.4. The first-order valence-corrected chi connectivity index (χ1v) is 7.74. The molecule has 0 saturated carbocycles. The average Bonchev–Trinajstić information content (AvgIpc) is 2.78. The van der Waals surface area contributed by atoms with Gasteiger partial charge >= 0.3 is 5.97 Å². The Morgan fingerprint density at radius 1 is 1.00 bits per heavy atom. The van der Waals surface area contributed by atoms with E-state index in [2.05, 4.69) is 0 Å². The normalized spacial score (nSPS) is 13.1. The van der Waals surface area contributed by atoms with E-state index in [1.807, 2.05) is 41.3 Å². The van der Waals surface area contributed by atoms with Crippen molar-refractivity contribution in [3.05, 3.63) is 42.0 Å². The molecule has 3 rings (SSSR count). The van der Waals surface area contributed by atoms with Gasteiger partial charge in [0.25, 0.3) is 5.91 Å². The average molecular weight is 297 g/mol. The number of benzene rings is 2. The molecule has 1 heterocycles. The first kappa shape index (κ1) is 14.6. The smallest absolute Gasteiger partial charge is 0.303 e. The van der Waals surface area contributed by atoms with Crippen LogP contribution in [0.1, 0.15) is 42.5 Å². The lowest BCUT2D eigenvalue weighted by atomic mass is 10.1. The number of carbonyl (C=O) groups excluding carboxylic acids is 1. The van der Waals surface area contributed by atoms with Crippen molar-refractivity contribution in [1.29, 1.82) is 0 Å². The van der Waals surface area contributed by atoms with Crippen LogP contribution in [0.5, 0.6) is 0 Å². The molecule has 22 heavy (non-hydrogen) atoms. The lowest BCUT2D eigenvalue weighted by Crippen LogP contribution is -2.27. The third-order valence-corrected chi connectivity index (χ3v) is 4.17. The van der Waals surface area contributed by atoms with Crippen LogP contribution in [0.3, 0.4) is 0 Å². The highest BCUT2D eigenvalue weighted by molar-refractivity contribution is 6.24. The van der Waals surface area contributed by atoms with Crippen molar-refractivity contribution < 1.29 is 14.7 Å². The molecular weight excluding hydrogens is 278 g/mol. The van der Waals surface area contributed by atoms with Gasteiger partial charge in [0.1, 0.15) is 0 Å². The summed E-state index contributed by atoms with van der Waals surface area (Å²) in [5.41, 5.74) is 1.79. The van der Waals surface area contributed by atoms with Crippen LogP contribution >= 0.6 is 0 Å². The highest BCUT2D eigenvalue weighted by Crippen LogP contribution is 2.37. The maximum absolute atomic E-state index is 12.5. The second-order valence-electron chi connectivity index (χ2n) is 5.70. The third-order valence-electron chi connectivity index (χ3n) is 4.17. The van der Waals surface area contributed by atoms with Crippen molar-refractivity contribution in [3.63, 3.8) is 0 Å². The standard InChI is InChI=1S/C18H19NO3/c20-16(21)11-3-1-2-4-12-19-15-10-6-8-13-7-5-9-14(17(13)15)18(19)22/h5-10H,1-4,11-12H2,(H,20,21). The summed E-state index contributed by atoms with van der Waals surface area (Å²) in [5, 5.41) is 10.8. The Labute approximate surface area is 129 Å². The van der Waals surface area contributed by atoms with Crippen molar-refractivity contribution >= 4 is 28.3 Å². The fourth-order valence-corrected chi connectivity index (χ4v) is 3.10. The van der Waals surface area contributed by atoms with Gasteiger partial charge in [-0.3, -0.25) is 9.59 Å². The maximum atomic E-state index is 12.5. The lowest BCUT2D eigenvalue weighted by molar-refractivity contribution is -0.137. The molecule has 2 aromatic carbocycles. The van der Waals surface area contributed by atoms with E-state index >= 15 is 0 Å². The number of carboxylic acids is 1. The van der Waals surface area contributed by atoms with E-state index in [-0.39, 0.29) is 12.3 Å². The molecule has 1 amide bonds. The number of hydrogen-bond acceptors (Lipinski definition) is 2. The molecule has 1 aliphatic rings. The minimum Gasteiger partial charge on any atom is -0.481 e. The number of carbonyl (C=O) groups is 2. The van der Waals surface area contributed by atoms with Crippen molar-refractivity contribution in [2.75, 3.05) is 11.4 Å². The summed E-state index contributed by atoms with van der Waals surface area (Å²) < 4.78 is 0. The molecule has 4 heteroatoms. The van der Waals surface area contributed by atoms with Crippen molar-refractivity contribution in [1.82, 2.24) is 0 Å². The van der Waals surface area contributed by atoms with Gasteiger partial charge < -0.3 is 10.0 Å². The fraction of sp³-hybridized carbons (Fsp3) is 0.333. The zero-order valence-electron chi connectivity index (χ0n) is 12.4. The molecule has 0 saturated heterocycles. The number of carboxylic acid groups (broad SMARTS) is 1. The largest absolute Gasteiger partial charge is 0.481 e. The molecule has 1 N–H and O–H groups in total. The molecule has 0 fully saturated rings. The molecule has 0 atom stereocenters. The van der Waals surface area contributed by atoms with E-state index in [4.69, 9.17) is 5.11 Å². The molecule has 0 radical (unpaired) electrons. The molecular formula is C18H19NO3. The number of rotatable bonds is 7. The number of amides is 1. The number of anilines is 1. The molecule has 0 aliphatic carbocycles. The van der Waals surface area contributed by atoms with Crippen LogP contribution < -0.4 is 4.90 Å². The van der Waals surface area contributed by atoms with Gasteiger partial charge in [0, 0.05) is 23.9 Å². The molecule has 0 unspecified atom stereocenters. The Morgan fingerprint density at radius 3 is 2.50 bits per heavy atom. The minimum atomic E-state index is -0.739. The van der Waals surface area contributed by atoms with Crippen molar-refractivity contribution in [2.24, 2.45) is 0 Å². The summed E-state index contributed by atoms with van der Waals surface area (Å²) in [5.74, 6) is -0.658. The number of aliphatic carboxylic acids is 1. The zero-order valence-corrected chi connectivity index (χ0v) is 12.4.